The van der Waals surface area contributed by atoms with E-state index in [4.69, 9.17) is 18.0 Å². The Hall–Kier alpha value is -0.680. The van der Waals surface area contributed by atoms with Crippen LogP contribution in [0, 0.1) is 5.41 Å². The SMILES string of the molecule is CC1(C(N)=S)CCN(CC(=O)N2CCCCC2)CC1. The van der Waals surface area contributed by atoms with Gasteiger partial charge < -0.3 is 10.6 Å². The summed E-state index contributed by atoms with van der Waals surface area (Å²) in [4.78, 5) is 17.1. The monoisotopic (exact) mass is 283 g/mol. The lowest BCUT2D eigenvalue weighted by atomic mass is 9.80. The Labute approximate surface area is 121 Å². The molecular formula is C14H25N3OS. The fourth-order valence-corrected chi connectivity index (χ4v) is 3.09. The molecule has 2 fully saturated rings. The zero-order valence-corrected chi connectivity index (χ0v) is 12.7. The summed E-state index contributed by atoms with van der Waals surface area (Å²) in [6.07, 6.45) is 5.52. The van der Waals surface area contributed by atoms with Crippen molar-refractivity contribution in [2.75, 3.05) is 32.7 Å². The average molecular weight is 283 g/mol. The fourth-order valence-electron chi connectivity index (χ4n) is 2.89. The maximum Gasteiger partial charge on any atom is 0.236 e. The molecule has 108 valence electrons. The molecule has 2 aliphatic heterocycles. The van der Waals surface area contributed by atoms with Gasteiger partial charge in [-0.15, -0.1) is 0 Å². The molecule has 4 nitrogen and oxygen atoms in total. The standard InChI is InChI=1S/C14H25N3OS/c1-14(13(15)19)5-9-16(10-6-14)11-12(18)17-7-3-2-4-8-17/h2-11H2,1H3,(H2,15,19). The molecule has 2 N–H and O–H groups in total. The van der Waals surface area contributed by atoms with Gasteiger partial charge in [-0.25, -0.2) is 0 Å². The van der Waals surface area contributed by atoms with Crippen LogP contribution < -0.4 is 5.73 Å². The molecule has 0 aromatic heterocycles. The third kappa shape index (κ3) is 3.66. The first-order chi connectivity index (χ1) is 9.01. The van der Waals surface area contributed by atoms with Crippen molar-refractivity contribution in [3.05, 3.63) is 0 Å². The van der Waals surface area contributed by atoms with E-state index in [1.165, 1.54) is 6.42 Å². The number of carbonyl (C=O) groups excluding carboxylic acids is 1. The van der Waals surface area contributed by atoms with Gasteiger partial charge >= 0.3 is 0 Å². The molecule has 0 spiro atoms. The van der Waals surface area contributed by atoms with Gasteiger partial charge in [0.15, 0.2) is 0 Å². The molecule has 1 amide bonds. The second kappa shape index (κ2) is 6.18. The third-order valence-electron chi connectivity index (χ3n) is 4.62. The molecule has 0 aromatic carbocycles. The molecule has 0 aliphatic carbocycles. The minimum absolute atomic E-state index is 0.0139. The highest BCUT2D eigenvalue weighted by atomic mass is 32.1. The Morgan fingerprint density at radius 2 is 1.74 bits per heavy atom. The summed E-state index contributed by atoms with van der Waals surface area (Å²) in [7, 11) is 0. The molecule has 0 bridgehead atoms. The number of rotatable bonds is 3. The number of piperidine rings is 2. The first-order valence-corrected chi connectivity index (χ1v) is 7.72. The molecule has 5 heteroatoms. The van der Waals surface area contributed by atoms with E-state index in [0.717, 1.165) is 51.9 Å². The van der Waals surface area contributed by atoms with Crippen LogP contribution in [0.2, 0.25) is 0 Å². The number of amides is 1. The van der Waals surface area contributed by atoms with Gasteiger partial charge in [0.2, 0.25) is 5.91 Å². The molecule has 19 heavy (non-hydrogen) atoms. The van der Waals surface area contributed by atoms with E-state index in [1.54, 1.807) is 0 Å². The van der Waals surface area contributed by atoms with Gasteiger partial charge in [0.1, 0.15) is 0 Å². The van der Waals surface area contributed by atoms with Crippen molar-refractivity contribution >= 4 is 23.1 Å². The Balaban J connectivity index is 1.79. The molecule has 0 atom stereocenters. The van der Waals surface area contributed by atoms with Gasteiger partial charge in [0, 0.05) is 18.5 Å². The number of thiocarbonyl (C=S) groups is 1. The van der Waals surface area contributed by atoms with Gasteiger partial charge in [-0.1, -0.05) is 19.1 Å². The van der Waals surface area contributed by atoms with Crippen LogP contribution in [-0.2, 0) is 4.79 Å². The van der Waals surface area contributed by atoms with Crippen molar-refractivity contribution in [3.63, 3.8) is 0 Å². The zero-order valence-electron chi connectivity index (χ0n) is 11.9. The van der Waals surface area contributed by atoms with Crippen molar-refractivity contribution in [1.82, 2.24) is 9.80 Å². The molecule has 0 radical (unpaired) electrons. The summed E-state index contributed by atoms with van der Waals surface area (Å²) >= 11 is 5.14. The van der Waals surface area contributed by atoms with Gasteiger partial charge in [-0.2, -0.15) is 0 Å². The summed E-state index contributed by atoms with van der Waals surface area (Å²) in [5.74, 6) is 0.290. The van der Waals surface area contributed by atoms with Crippen LogP contribution in [0.4, 0.5) is 0 Å². The van der Waals surface area contributed by atoms with Crippen LogP contribution in [0.3, 0.4) is 0 Å². The highest BCUT2D eigenvalue weighted by molar-refractivity contribution is 7.80. The molecule has 2 rings (SSSR count). The second-order valence-electron chi connectivity index (χ2n) is 6.14. The summed E-state index contributed by atoms with van der Waals surface area (Å²) in [6, 6.07) is 0. The van der Waals surface area contributed by atoms with E-state index in [2.05, 4.69) is 11.8 Å². The van der Waals surface area contributed by atoms with Crippen molar-refractivity contribution in [1.29, 1.82) is 0 Å². The van der Waals surface area contributed by atoms with E-state index >= 15 is 0 Å². The summed E-state index contributed by atoms with van der Waals surface area (Å²) in [5, 5.41) is 0. The molecule has 2 heterocycles. The maximum absolute atomic E-state index is 12.2. The van der Waals surface area contributed by atoms with Crippen LogP contribution in [0.15, 0.2) is 0 Å². The number of nitrogens with two attached hydrogens (primary N) is 1. The van der Waals surface area contributed by atoms with Crippen LogP contribution in [0.1, 0.15) is 39.0 Å². The predicted octanol–water partition coefficient (Wildman–Crippen LogP) is 1.39. The number of carbonyl (C=O) groups is 1. The highest BCUT2D eigenvalue weighted by Gasteiger charge is 2.33. The van der Waals surface area contributed by atoms with Gasteiger partial charge in [-0.3, -0.25) is 9.69 Å². The molecule has 2 aliphatic rings. The van der Waals surface area contributed by atoms with E-state index < -0.39 is 0 Å². The molecule has 2 saturated heterocycles. The average Bonchev–Trinajstić information content (AvgIpc) is 2.42. The molecule has 0 aromatic rings. The van der Waals surface area contributed by atoms with E-state index in [-0.39, 0.29) is 5.41 Å². The maximum atomic E-state index is 12.2. The van der Waals surface area contributed by atoms with Crippen molar-refractivity contribution in [2.45, 2.75) is 39.0 Å². The topological polar surface area (TPSA) is 49.6 Å². The molecule has 0 saturated carbocycles. The highest BCUT2D eigenvalue weighted by Crippen LogP contribution is 2.31. The summed E-state index contributed by atoms with van der Waals surface area (Å²) in [5.41, 5.74) is 5.79. The van der Waals surface area contributed by atoms with Crippen LogP contribution in [0.5, 0.6) is 0 Å². The van der Waals surface area contributed by atoms with E-state index in [9.17, 15) is 4.79 Å². The van der Waals surface area contributed by atoms with Crippen LogP contribution in [-0.4, -0.2) is 53.4 Å². The first kappa shape index (κ1) is 14.7. The molecule has 0 unspecified atom stereocenters. The minimum atomic E-state index is -0.0139. The quantitative estimate of drug-likeness (QED) is 0.795. The van der Waals surface area contributed by atoms with Crippen molar-refractivity contribution < 1.29 is 4.79 Å². The minimum Gasteiger partial charge on any atom is -0.393 e. The second-order valence-corrected chi connectivity index (χ2v) is 6.58. The Bertz CT molecular complexity index is 345. The fraction of sp³-hybridized carbons (Fsp3) is 0.857. The Kier molecular flexibility index (Phi) is 4.79. The third-order valence-corrected chi connectivity index (χ3v) is 5.11. The first-order valence-electron chi connectivity index (χ1n) is 7.31. The largest absolute Gasteiger partial charge is 0.393 e. The zero-order chi connectivity index (χ0) is 13.9. The van der Waals surface area contributed by atoms with Gasteiger partial charge in [-0.05, 0) is 45.2 Å². The van der Waals surface area contributed by atoms with Crippen LogP contribution in [0.25, 0.3) is 0 Å². The summed E-state index contributed by atoms with van der Waals surface area (Å²) in [6.45, 7) is 6.43. The van der Waals surface area contributed by atoms with Crippen LogP contribution >= 0.6 is 12.2 Å². The van der Waals surface area contributed by atoms with Crippen molar-refractivity contribution in [2.24, 2.45) is 11.1 Å². The van der Waals surface area contributed by atoms with Gasteiger partial charge in [0.05, 0.1) is 11.5 Å². The summed E-state index contributed by atoms with van der Waals surface area (Å²) < 4.78 is 0. The number of hydrogen-bond donors (Lipinski definition) is 1. The Morgan fingerprint density at radius 3 is 2.26 bits per heavy atom. The predicted molar refractivity (Wildman–Crippen MR) is 81.0 cm³/mol. The Morgan fingerprint density at radius 1 is 1.16 bits per heavy atom. The van der Waals surface area contributed by atoms with Crippen molar-refractivity contribution in [3.8, 4) is 0 Å². The molecular weight excluding hydrogens is 258 g/mol. The smallest absolute Gasteiger partial charge is 0.236 e. The number of nitrogens with zero attached hydrogens (tertiary/aromatic N) is 2. The lowest BCUT2D eigenvalue weighted by Crippen LogP contribution is -2.48. The lowest BCUT2D eigenvalue weighted by molar-refractivity contribution is -0.133. The van der Waals surface area contributed by atoms with E-state index in [1.807, 2.05) is 4.90 Å². The normalized spacial score (nSPS) is 24.2. The number of hydrogen-bond acceptors (Lipinski definition) is 3. The number of likely N-dealkylation sites (tertiary alicyclic amines) is 2. The van der Waals surface area contributed by atoms with E-state index in [0.29, 0.717) is 17.4 Å². The lowest BCUT2D eigenvalue weighted by Gasteiger charge is -2.39. The van der Waals surface area contributed by atoms with Gasteiger partial charge in [0.25, 0.3) is 0 Å².